The maximum absolute atomic E-state index is 12.1. The lowest BCUT2D eigenvalue weighted by Crippen LogP contribution is -2.28. The van der Waals surface area contributed by atoms with Crippen LogP contribution in [0.2, 0.25) is 0 Å². The number of nitrogens with one attached hydrogen (secondary N) is 1. The molecule has 0 spiro atoms. The van der Waals surface area contributed by atoms with Crippen LogP contribution < -0.4 is 10.2 Å². The fourth-order valence-corrected chi connectivity index (χ4v) is 2.35. The topological polar surface area (TPSA) is 32.3 Å². The van der Waals surface area contributed by atoms with Crippen molar-refractivity contribution in [1.29, 1.82) is 0 Å². The van der Waals surface area contributed by atoms with E-state index in [9.17, 15) is 4.79 Å². The number of nitrogens with zero attached hydrogens (tertiary/aromatic N) is 1. The summed E-state index contributed by atoms with van der Waals surface area (Å²) in [5.74, 6) is 0.696. The Morgan fingerprint density at radius 3 is 2.76 bits per heavy atom. The maximum Gasteiger partial charge on any atom is 0.227 e. The van der Waals surface area contributed by atoms with Crippen molar-refractivity contribution < 1.29 is 4.79 Å². The van der Waals surface area contributed by atoms with Gasteiger partial charge in [-0.3, -0.25) is 4.79 Å². The van der Waals surface area contributed by atoms with E-state index in [1.807, 2.05) is 31.3 Å². The minimum Gasteiger partial charge on any atom is -0.316 e. The van der Waals surface area contributed by atoms with Crippen molar-refractivity contribution in [2.75, 3.05) is 25.0 Å². The van der Waals surface area contributed by atoms with Crippen LogP contribution in [0.5, 0.6) is 0 Å². The fraction of sp³-hybridized carbons (Fsp3) is 0.462. The number of amides is 1. The van der Waals surface area contributed by atoms with E-state index in [-0.39, 0.29) is 5.91 Å². The highest BCUT2D eigenvalue weighted by Gasteiger charge is 2.20. The molecular formula is C13H17BrN2O. The molecule has 1 heterocycles. The number of halogens is 1. The number of rotatable bonds is 3. The third-order valence-electron chi connectivity index (χ3n) is 3.21. The van der Waals surface area contributed by atoms with Crippen LogP contribution in [0.3, 0.4) is 0 Å². The van der Waals surface area contributed by atoms with Crippen molar-refractivity contribution >= 4 is 27.5 Å². The lowest BCUT2D eigenvalue weighted by atomic mass is 10.0. The van der Waals surface area contributed by atoms with Crippen LogP contribution in [0.25, 0.3) is 0 Å². The van der Waals surface area contributed by atoms with E-state index in [1.165, 1.54) is 0 Å². The van der Waals surface area contributed by atoms with E-state index in [0.717, 1.165) is 29.7 Å². The number of carbonyl (C=O) groups is 1. The molecule has 1 fully saturated rings. The van der Waals surface area contributed by atoms with Gasteiger partial charge in [0.1, 0.15) is 0 Å². The predicted molar refractivity (Wildman–Crippen MR) is 73.1 cm³/mol. The van der Waals surface area contributed by atoms with Gasteiger partial charge in [-0.15, -0.1) is 0 Å². The normalized spacial score (nSPS) is 19.3. The van der Waals surface area contributed by atoms with Crippen LogP contribution in [0, 0.1) is 5.92 Å². The highest BCUT2D eigenvalue weighted by atomic mass is 79.9. The molecule has 1 atom stereocenters. The summed E-state index contributed by atoms with van der Waals surface area (Å²) >= 11 is 3.39. The number of benzene rings is 1. The highest BCUT2D eigenvalue weighted by molar-refractivity contribution is 9.10. The van der Waals surface area contributed by atoms with E-state index in [4.69, 9.17) is 0 Å². The molecule has 1 amide bonds. The van der Waals surface area contributed by atoms with Crippen LogP contribution in [0.1, 0.15) is 12.8 Å². The Morgan fingerprint density at radius 1 is 1.47 bits per heavy atom. The van der Waals surface area contributed by atoms with Gasteiger partial charge in [0.05, 0.1) is 0 Å². The lowest BCUT2D eigenvalue weighted by Gasteiger charge is -2.19. The molecule has 1 aliphatic heterocycles. The second kappa shape index (κ2) is 5.65. The molecule has 1 aliphatic rings. The standard InChI is InChI=1S/C13H17BrN2O/c1-16(12-4-2-11(14)3-5-12)13(17)8-10-6-7-15-9-10/h2-5,10,15H,6-9H2,1H3. The van der Waals surface area contributed by atoms with Gasteiger partial charge in [0.25, 0.3) is 0 Å². The second-order valence-electron chi connectivity index (χ2n) is 4.49. The maximum atomic E-state index is 12.1. The van der Waals surface area contributed by atoms with E-state index >= 15 is 0 Å². The summed E-state index contributed by atoms with van der Waals surface area (Å²) in [7, 11) is 1.84. The van der Waals surface area contributed by atoms with E-state index in [1.54, 1.807) is 4.90 Å². The smallest absolute Gasteiger partial charge is 0.227 e. The zero-order valence-corrected chi connectivity index (χ0v) is 11.5. The molecule has 0 aliphatic carbocycles. The monoisotopic (exact) mass is 296 g/mol. The third kappa shape index (κ3) is 3.30. The first-order valence-corrected chi connectivity index (χ1v) is 6.69. The van der Waals surface area contributed by atoms with Gasteiger partial charge in [0.15, 0.2) is 0 Å². The molecule has 0 saturated carbocycles. The lowest BCUT2D eigenvalue weighted by molar-refractivity contribution is -0.119. The van der Waals surface area contributed by atoms with Crippen LogP contribution in [0.4, 0.5) is 5.69 Å². The summed E-state index contributed by atoms with van der Waals surface area (Å²) in [5.41, 5.74) is 0.948. The van der Waals surface area contributed by atoms with Crippen LogP contribution >= 0.6 is 15.9 Å². The van der Waals surface area contributed by atoms with Crippen molar-refractivity contribution in [3.05, 3.63) is 28.7 Å². The van der Waals surface area contributed by atoms with Crippen LogP contribution in [0.15, 0.2) is 28.7 Å². The van der Waals surface area contributed by atoms with Gasteiger partial charge in [-0.05, 0) is 49.7 Å². The zero-order chi connectivity index (χ0) is 12.3. The van der Waals surface area contributed by atoms with Crippen molar-refractivity contribution in [3.63, 3.8) is 0 Å². The summed E-state index contributed by atoms with van der Waals surface area (Å²) < 4.78 is 1.03. The molecule has 1 aromatic rings. The molecule has 1 aromatic carbocycles. The Bertz CT molecular complexity index is 385. The first-order valence-electron chi connectivity index (χ1n) is 5.89. The Labute approximate surface area is 110 Å². The van der Waals surface area contributed by atoms with E-state index in [0.29, 0.717) is 12.3 Å². The van der Waals surface area contributed by atoms with E-state index < -0.39 is 0 Å². The van der Waals surface area contributed by atoms with Gasteiger partial charge in [0.2, 0.25) is 5.91 Å². The van der Waals surface area contributed by atoms with Crippen LogP contribution in [-0.2, 0) is 4.79 Å². The molecular weight excluding hydrogens is 280 g/mol. The summed E-state index contributed by atoms with van der Waals surface area (Å²) in [6, 6.07) is 7.82. The molecule has 1 N–H and O–H groups in total. The summed E-state index contributed by atoms with van der Waals surface area (Å²) in [6.45, 7) is 2.01. The molecule has 4 heteroatoms. The van der Waals surface area contributed by atoms with Crippen LogP contribution in [-0.4, -0.2) is 26.0 Å². The Balaban J connectivity index is 1.96. The molecule has 0 aromatic heterocycles. The fourth-order valence-electron chi connectivity index (χ4n) is 2.08. The quantitative estimate of drug-likeness (QED) is 0.929. The minimum atomic E-state index is 0.195. The van der Waals surface area contributed by atoms with Crippen molar-refractivity contribution in [2.45, 2.75) is 12.8 Å². The Kier molecular flexibility index (Phi) is 4.18. The summed E-state index contributed by atoms with van der Waals surface area (Å²) in [6.07, 6.45) is 1.75. The predicted octanol–water partition coefficient (Wildman–Crippen LogP) is 2.41. The molecule has 2 rings (SSSR count). The van der Waals surface area contributed by atoms with Gasteiger partial charge in [0, 0.05) is 23.6 Å². The third-order valence-corrected chi connectivity index (χ3v) is 3.74. The first kappa shape index (κ1) is 12.6. The number of carbonyl (C=O) groups excluding carboxylic acids is 1. The number of anilines is 1. The molecule has 1 saturated heterocycles. The largest absolute Gasteiger partial charge is 0.316 e. The second-order valence-corrected chi connectivity index (χ2v) is 5.41. The average molecular weight is 297 g/mol. The molecule has 0 radical (unpaired) electrons. The van der Waals surface area contributed by atoms with Gasteiger partial charge in [-0.2, -0.15) is 0 Å². The number of hydrogen-bond donors (Lipinski definition) is 1. The molecule has 17 heavy (non-hydrogen) atoms. The van der Waals surface area contributed by atoms with Crippen molar-refractivity contribution in [3.8, 4) is 0 Å². The van der Waals surface area contributed by atoms with Gasteiger partial charge < -0.3 is 10.2 Å². The van der Waals surface area contributed by atoms with Gasteiger partial charge in [-0.1, -0.05) is 15.9 Å². The minimum absolute atomic E-state index is 0.195. The number of hydrogen-bond acceptors (Lipinski definition) is 2. The SMILES string of the molecule is CN(C(=O)CC1CCNC1)c1ccc(Br)cc1. The van der Waals surface area contributed by atoms with Crippen molar-refractivity contribution in [1.82, 2.24) is 5.32 Å². The van der Waals surface area contributed by atoms with Gasteiger partial charge >= 0.3 is 0 Å². The molecule has 1 unspecified atom stereocenters. The van der Waals surface area contributed by atoms with Gasteiger partial charge in [-0.25, -0.2) is 0 Å². The van der Waals surface area contributed by atoms with E-state index in [2.05, 4.69) is 21.2 Å². The first-order chi connectivity index (χ1) is 8.16. The molecule has 92 valence electrons. The molecule has 3 nitrogen and oxygen atoms in total. The Morgan fingerprint density at radius 2 is 2.18 bits per heavy atom. The summed E-state index contributed by atoms with van der Waals surface area (Å²) in [4.78, 5) is 13.8. The summed E-state index contributed by atoms with van der Waals surface area (Å²) in [5, 5.41) is 3.29. The zero-order valence-electron chi connectivity index (χ0n) is 9.95. The molecule has 0 bridgehead atoms. The van der Waals surface area contributed by atoms with Crippen molar-refractivity contribution in [2.24, 2.45) is 5.92 Å². The Hall–Kier alpha value is -0.870. The highest BCUT2D eigenvalue weighted by Crippen LogP contribution is 2.20. The average Bonchev–Trinajstić information content (AvgIpc) is 2.82.